The van der Waals surface area contributed by atoms with Crippen molar-refractivity contribution in [3.63, 3.8) is 0 Å². The van der Waals surface area contributed by atoms with E-state index in [1.54, 1.807) is 24.3 Å². The van der Waals surface area contributed by atoms with E-state index in [-0.39, 0.29) is 29.7 Å². The zero-order valence-corrected chi connectivity index (χ0v) is 14.9. The van der Waals surface area contributed by atoms with Gasteiger partial charge in [-0.2, -0.15) is 4.31 Å². The summed E-state index contributed by atoms with van der Waals surface area (Å²) < 4.78 is 35.1. The quantitative estimate of drug-likeness (QED) is 0.621. The van der Waals surface area contributed by atoms with Gasteiger partial charge in [0.1, 0.15) is 6.04 Å². The fraction of sp³-hybridized carbons (Fsp3) is 0.167. The molecule has 1 heterocycles. The maximum Gasteiger partial charge on any atom is 0.269 e. The number of sulfonamides is 1. The third kappa shape index (κ3) is 4.04. The molecule has 0 fully saturated rings. The number of hydrogen-bond acceptors (Lipinski definition) is 5. The molecule has 0 saturated heterocycles. The van der Waals surface area contributed by atoms with Crippen molar-refractivity contribution in [2.45, 2.75) is 17.4 Å². The van der Waals surface area contributed by atoms with Crippen molar-refractivity contribution in [2.75, 3.05) is 6.54 Å². The summed E-state index contributed by atoms with van der Waals surface area (Å²) in [6.07, 6.45) is 1.25. The van der Waals surface area contributed by atoms with Crippen LogP contribution in [0.15, 0.2) is 71.7 Å². The zero-order chi connectivity index (χ0) is 20.3. The molecule has 27 heavy (non-hydrogen) atoms. The molecular weight excluding hydrogens is 370 g/mol. The molecule has 1 N–H and O–H groups in total. The maximum atomic E-state index is 13.2. The van der Waals surface area contributed by atoms with Gasteiger partial charge in [-0.15, -0.1) is 0 Å². The second-order valence-electron chi connectivity index (χ2n) is 5.87. The Morgan fingerprint density at radius 2 is 1.85 bits per heavy atom. The van der Waals surface area contributed by atoms with E-state index in [0.717, 1.165) is 34.1 Å². The first kappa shape index (κ1) is 17.4. The van der Waals surface area contributed by atoms with Crippen LogP contribution < -0.4 is 5.32 Å². The van der Waals surface area contributed by atoms with Gasteiger partial charge in [0.15, 0.2) is 0 Å². The summed E-state index contributed by atoms with van der Waals surface area (Å²) in [7, 11) is -4.13. The highest BCUT2D eigenvalue weighted by Crippen LogP contribution is 2.23. The molecule has 1 amide bonds. The Bertz CT molecular complexity index is 1020. The van der Waals surface area contributed by atoms with Crippen LogP contribution in [-0.4, -0.2) is 36.1 Å². The molecule has 8 nitrogen and oxygen atoms in total. The Hall–Kier alpha value is -3.04. The molecule has 0 aliphatic carbocycles. The van der Waals surface area contributed by atoms with E-state index in [0.29, 0.717) is 0 Å². The molecular formula is C18H17N3O5S. The number of amides is 1. The molecule has 1 aliphatic rings. The lowest BCUT2D eigenvalue weighted by Gasteiger charge is -2.27. The first-order chi connectivity index (χ1) is 13.3. The molecule has 0 bridgehead atoms. The number of nitrogens with zero attached hydrogens (tertiary/aromatic N) is 2. The minimum absolute atomic E-state index is 0.125. The number of hydrogen-bond donors (Lipinski definition) is 1. The molecule has 1 atom stereocenters. The standard InChI is InChI=1S/C18H17N3O5S/c22-18-17(13-14-5-2-1-3-6-14)20(12-4-11-19-18)27(25,26)16-9-7-15(8-10-16)21(23)24/h1-11,17H,12-13H2,(H,19,22)/t17-/m0/s1/i11D. The first-order valence-electron chi connectivity index (χ1n) is 8.57. The predicted octanol–water partition coefficient (Wildman–Crippen LogP) is 1.84. The average Bonchev–Trinajstić information content (AvgIpc) is 2.81. The lowest BCUT2D eigenvalue weighted by Crippen LogP contribution is -2.48. The van der Waals surface area contributed by atoms with Crippen LogP contribution >= 0.6 is 0 Å². The highest BCUT2D eigenvalue weighted by atomic mass is 32.2. The Kier molecular flexibility index (Phi) is 4.95. The van der Waals surface area contributed by atoms with E-state index >= 15 is 0 Å². The molecule has 0 aromatic heterocycles. The van der Waals surface area contributed by atoms with E-state index in [2.05, 4.69) is 5.32 Å². The normalized spacial score (nSPS) is 18.8. The highest BCUT2D eigenvalue weighted by Gasteiger charge is 2.36. The summed E-state index contributed by atoms with van der Waals surface area (Å²) >= 11 is 0. The largest absolute Gasteiger partial charge is 0.332 e. The van der Waals surface area contributed by atoms with E-state index in [1.165, 1.54) is 6.08 Å². The molecule has 1 aliphatic heterocycles. The van der Waals surface area contributed by atoms with Gasteiger partial charge in [0.2, 0.25) is 15.9 Å². The molecule has 140 valence electrons. The molecule has 0 spiro atoms. The van der Waals surface area contributed by atoms with Gasteiger partial charge in [-0.05, 0) is 24.1 Å². The van der Waals surface area contributed by atoms with Crippen molar-refractivity contribution in [3.05, 3.63) is 82.5 Å². The van der Waals surface area contributed by atoms with Crippen LogP contribution in [0.2, 0.25) is 0 Å². The summed E-state index contributed by atoms with van der Waals surface area (Å²) in [6.45, 7) is -0.172. The van der Waals surface area contributed by atoms with Crippen LogP contribution in [0.3, 0.4) is 0 Å². The van der Waals surface area contributed by atoms with Crippen LogP contribution in [0.1, 0.15) is 6.93 Å². The molecule has 0 radical (unpaired) electrons. The van der Waals surface area contributed by atoms with E-state index in [9.17, 15) is 23.3 Å². The first-order valence-corrected chi connectivity index (χ1v) is 9.51. The molecule has 0 saturated carbocycles. The Morgan fingerprint density at radius 1 is 1.19 bits per heavy atom. The minimum atomic E-state index is -4.13. The molecule has 0 unspecified atom stereocenters. The topological polar surface area (TPSA) is 110 Å². The van der Waals surface area contributed by atoms with Gasteiger partial charge in [-0.1, -0.05) is 36.4 Å². The second kappa shape index (κ2) is 7.68. The average molecular weight is 388 g/mol. The monoisotopic (exact) mass is 388 g/mol. The Balaban J connectivity index is 2.00. The highest BCUT2D eigenvalue weighted by molar-refractivity contribution is 7.89. The summed E-state index contributed by atoms with van der Waals surface area (Å²) in [5, 5.41) is 13.2. The number of nitro benzene ring substituents is 1. The number of carbonyl (C=O) groups is 1. The van der Waals surface area contributed by atoms with Gasteiger partial charge >= 0.3 is 0 Å². The predicted molar refractivity (Wildman–Crippen MR) is 98.2 cm³/mol. The molecule has 2 aromatic carbocycles. The fourth-order valence-corrected chi connectivity index (χ4v) is 4.30. The lowest BCUT2D eigenvalue weighted by atomic mass is 10.1. The van der Waals surface area contributed by atoms with Gasteiger partial charge in [-0.3, -0.25) is 14.9 Å². The van der Waals surface area contributed by atoms with Crippen LogP contribution in [-0.2, 0) is 21.2 Å². The number of non-ortho nitro benzene ring substituents is 1. The van der Waals surface area contributed by atoms with Gasteiger partial charge < -0.3 is 5.32 Å². The number of rotatable bonds is 5. The fourth-order valence-electron chi connectivity index (χ4n) is 2.77. The summed E-state index contributed by atoms with van der Waals surface area (Å²) in [6, 6.07) is 12.4. The molecule has 3 rings (SSSR count). The van der Waals surface area contributed by atoms with Crippen LogP contribution in [0.25, 0.3) is 0 Å². The van der Waals surface area contributed by atoms with Crippen molar-refractivity contribution >= 4 is 21.6 Å². The van der Waals surface area contributed by atoms with E-state index in [1.807, 2.05) is 6.07 Å². The summed E-state index contributed by atoms with van der Waals surface area (Å²) in [5.41, 5.74) is 0.529. The van der Waals surface area contributed by atoms with Crippen molar-refractivity contribution in [1.82, 2.24) is 9.62 Å². The summed E-state index contributed by atoms with van der Waals surface area (Å²) in [5.74, 6) is -0.604. The van der Waals surface area contributed by atoms with Gasteiger partial charge in [0.25, 0.3) is 5.69 Å². The number of carbonyl (C=O) groups excluding carboxylic acids is 1. The van der Waals surface area contributed by atoms with Gasteiger partial charge in [0, 0.05) is 24.9 Å². The van der Waals surface area contributed by atoms with Crippen LogP contribution in [0.5, 0.6) is 0 Å². The van der Waals surface area contributed by atoms with E-state index < -0.39 is 26.9 Å². The van der Waals surface area contributed by atoms with Crippen molar-refractivity contribution in [3.8, 4) is 0 Å². The summed E-state index contributed by atoms with van der Waals surface area (Å²) in [4.78, 5) is 22.6. The van der Waals surface area contributed by atoms with Crippen molar-refractivity contribution in [1.29, 1.82) is 0 Å². The van der Waals surface area contributed by atoms with Crippen LogP contribution in [0, 0.1) is 10.1 Å². The number of nitro groups is 1. The van der Waals surface area contributed by atoms with Crippen LogP contribution in [0.4, 0.5) is 5.69 Å². The smallest absolute Gasteiger partial charge is 0.269 e. The molecule has 2 aromatic rings. The number of nitrogens with one attached hydrogen (secondary N) is 1. The number of benzene rings is 2. The van der Waals surface area contributed by atoms with Crippen molar-refractivity contribution in [2.24, 2.45) is 0 Å². The maximum absolute atomic E-state index is 13.2. The Morgan fingerprint density at radius 3 is 2.48 bits per heavy atom. The SMILES string of the molecule is [2H]C1=CCN(S(=O)(=O)c2ccc([N+](=O)[O-])cc2)[C@@H](Cc2ccccc2)C(=O)N1. The van der Waals surface area contributed by atoms with E-state index in [4.69, 9.17) is 1.37 Å². The lowest BCUT2D eigenvalue weighted by molar-refractivity contribution is -0.384. The van der Waals surface area contributed by atoms with Crippen molar-refractivity contribution < 1.29 is 19.5 Å². The van der Waals surface area contributed by atoms with Gasteiger partial charge in [0.05, 0.1) is 11.2 Å². The minimum Gasteiger partial charge on any atom is -0.332 e. The third-order valence-corrected chi connectivity index (χ3v) is 6.03. The van der Waals surface area contributed by atoms with Gasteiger partial charge in [-0.25, -0.2) is 8.42 Å². The zero-order valence-electron chi connectivity index (χ0n) is 15.1. The second-order valence-corrected chi connectivity index (χ2v) is 7.76. The third-order valence-electron chi connectivity index (χ3n) is 4.14. The Labute approximate surface area is 157 Å². The molecule has 9 heteroatoms.